The molecule has 0 atom stereocenters. The van der Waals surface area contributed by atoms with Gasteiger partial charge in [0.05, 0.1) is 18.7 Å². The molecule has 3 nitrogen and oxygen atoms in total. The molecular weight excluding hydrogens is 275 g/mol. The van der Waals surface area contributed by atoms with Crippen molar-refractivity contribution in [1.29, 1.82) is 0 Å². The van der Waals surface area contributed by atoms with E-state index in [1.54, 1.807) is 17.4 Å². The fourth-order valence-electron chi connectivity index (χ4n) is 1.59. The first-order valence-corrected chi connectivity index (χ1v) is 6.87. The number of nitrogens with two attached hydrogens (primary N) is 1. The predicted octanol–water partition coefficient (Wildman–Crippen LogP) is 2.13. The minimum absolute atomic E-state index is 0.169. The topological polar surface area (TPSA) is 55.1 Å². The van der Waals surface area contributed by atoms with Crippen molar-refractivity contribution in [2.75, 3.05) is 6.54 Å². The summed E-state index contributed by atoms with van der Waals surface area (Å²) < 4.78 is 13.7. The largest absolute Gasteiger partial charge is 0.347 e. The zero-order chi connectivity index (χ0) is 14.4. The van der Waals surface area contributed by atoms with Crippen LogP contribution in [0.5, 0.6) is 0 Å². The van der Waals surface area contributed by atoms with E-state index in [0.29, 0.717) is 6.54 Å². The zero-order valence-electron chi connectivity index (χ0n) is 10.7. The first kappa shape index (κ1) is 14.3. The van der Waals surface area contributed by atoms with Gasteiger partial charge in [0, 0.05) is 10.4 Å². The summed E-state index contributed by atoms with van der Waals surface area (Å²) in [6.45, 7) is 0.606. The Morgan fingerprint density at radius 3 is 2.90 bits per heavy atom. The third-order valence-corrected chi connectivity index (χ3v) is 3.44. The summed E-state index contributed by atoms with van der Waals surface area (Å²) in [5.74, 6) is 4.36. The fraction of sp³-hybridized carbons (Fsp3) is 0.133. The number of carbonyl (C=O) groups excluding carboxylic acids is 1. The molecule has 1 heterocycles. The Balaban J connectivity index is 2.05. The van der Waals surface area contributed by atoms with Crippen molar-refractivity contribution in [3.05, 3.63) is 57.5 Å². The van der Waals surface area contributed by atoms with E-state index in [0.717, 1.165) is 4.88 Å². The Morgan fingerprint density at radius 2 is 2.25 bits per heavy atom. The van der Waals surface area contributed by atoms with Crippen LogP contribution in [-0.4, -0.2) is 12.5 Å². The molecule has 3 N–H and O–H groups in total. The molecule has 2 rings (SSSR count). The molecule has 0 saturated carbocycles. The number of nitrogens with one attached hydrogen (secondary N) is 1. The average molecular weight is 288 g/mol. The van der Waals surface area contributed by atoms with Gasteiger partial charge in [-0.3, -0.25) is 4.79 Å². The van der Waals surface area contributed by atoms with Crippen molar-refractivity contribution in [3.8, 4) is 11.8 Å². The standard InChI is InChI=1S/C15H13FN2OS/c16-14-9-12(6-5-11(14)3-1-7-17)15(19)18-10-13-4-2-8-20-13/h2,4-6,8-9H,7,10,17H2,(H,18,19). The average Bonchev–Trinajstić information content (AvgIpc) is 2.96. The quantitative estimate of drug-likeness (QED) is 0.850. The van der Waals surface area contributed by atoms with Gasteiger partial charge in [0.25, 0.3) is 5.91 Å². The van der Waals surface area contributed by atoms with Gasteiger partial charge >= 0.3 is 0 Å². The lowest BCUT2D eigenvalue weighted by Gasteiger charge is -2.04. The summed E-state index contributed by atoms with van der Waals surface area (Å²) in [6.07, 6.45) is 0. The summed E-state index contributed by atoms with van der Waals surface area (Å²) in [5.41, 5.74) is 5.75. The Kier molecular flexibility index (Phi) is 4.88. The highest BCUT2D eigenvalue weighted by molar-refractivity contribution is 7.09. The van der Waals surface area contributed by atoms with Crippen LogP contribution in [0.4, 0.5) is 4.39 Å². The number of hydrogen-bond donors (Lipinski definition) is 2. The molecule has 1 amide bonds. The maximum absolute atomic E-state index is 13.7. The van der Waals surface area contributed by atoms with Crippen LogP contribution in [0, 0.1) is 17.7 Å². The Morgan fingerprint density at radius 1 is 1.40 bits per heavy atom. The molecular formula is C15H13FN2OS. The van der Waals surface area contributed by atoms with Gasteiger partial charge in [-0.15, -0.1) is 11.3 Å². The number of halogens is 1. The van der Waals surface area contributed by atoms with E-state index in [1.807, 2.05) is 17.5 Å². The van der Waals surface area contributed by atoms with E-state index in [-0.39, 0.29) is 23.6 Å². The number of rotatable bonds is 3. The maximum atomic E-state index is 13.7. The lowest BCUT2D eigenvalue weighted by Crippen LogP contribution is -2.22. The van der Waals surface area contributed by atoms with Gasteiger partial charge in [-0.2, -0.15) is 0 Å². The highest BCUT2D eigenvalue weighted by atomic mass is 32.1. The summed E-state index contributed by atoms with van der Waals surface area (Å²) >= 11 is 1.56. The monoisotopic (exact) mass is 288 g/mol. The van der Waals surface area contributed by atoms with E-state index in [4.69, 9.17) is 5.73 Å². The minimum atomic E-state index is -0.519. The molecule has 1 aromatic heterocycles. The minimum Gasteiger partial charge on any atom is -0.347 e. The van der Waals surface area contributed by atoms with Crippen molar-refractivity contribution in [2.45, 2.75) is 6.54 Å². The van der Waals surface area contributed by atoms with Crippen molar-refractivity contribution in [2.24, 2.45) is 5.73 Å². The molecule has 1 aromatic carbocycles. The van der Waals surface area contributed by atoms with Gasteiger partial charge in [-0.1, -0.05) is 17.9 Å². The van der Waals surface area contributed by atoms with Crippen LogP contribution in [0.3, 0.4) is 0 Å². The third kappa shape index (κ3) is 3.67. The van der Waals surface area contributed by atoms with Crippen LogP contribution in [0.2, 0.25) is 0 Å². The number of carbonyl (C=O) groups is 1. The number of amides is 1. The molecule has 0 aliphatic rings. The van der Waals surface area contributed by atoms with Crippen LogP contribution in [0.1, 0.15) is 20.8 Å². The predicted molar refractivity (Wildman–Crippen MR) is 77.8 cm³/mol. The van der Waals surface area contributed by atoms with E-state index < -0.39 is 5.82 Å². The van der Waals surface area contributed by atoms with Gasteiger partial charge < -0.3 is 11.1 Å². The highest BCUT2D eigenvalue weighted by Crippen LogP contribution is 2.11. The first-order valence-electron chi connectivity index (χ1n) is 6.00. The number of hydrogen-bond acceptors (Lipinski definition) is 3. The van der Waals surface area contributed by atoms with Crippen LogP contribution >= 0.6 is 11.3 Å². The third-order valence-electron chi connectivity index (χ3n) is 2.56. The van der Waals surface area contributed by atoms with Crippen LogP contribution < -0.4 is 11.1 Å². The van der Waals surface area contributed by atoms with Crippen molar-refractivity contribution in [3.63, 3.8) is 0 Å². The molecule has 0 saturated heterocycles. The van der Waals surface area contributed by atoms with Gasteiger partial charge in [0.15, 0.2) is 0 Å². The second-order valence-corrected chi connectivity index (χ2v) is 4.99. The van der Waals surface area contributed by atoms with Gasteiger partial charge in [-0.05, 0) is 29.6 Å². The molecule has 2 aromatic rings. The van der Waals surface area contributed by atoms with Gasteiger partial charge in [0.2, 0.25) is 0 Å². The zero-order valence-corrected chi connectivity index (χ0v) is 11.5. The van der Waals surface area contributed by atoms with Gasteiger partial charge in [0.1, 0.15) is 5.82 Å². The Bertz CT molecular complexity index is 656. The Hall–Kier alpha value is -2.16. The summed E-state index contributed by atoms with van der Waals surface area (Å²) in [7, 11) is 0. The molecule has 5 heteroatoms. The van der Waals surface area contributed by atoms with E-state index >= 15 is 0 Å². The van der Waals surface area contributed by atoms with E-state index in [9.17, 15) is 9.18 Å². The lowest BCUT2D eigenvalue weighted by atomic mass is 10.1. The molecule has 0 bridgehead atoms. The first-order chi connectivity index (χ1) is 9.70. The molecule has 0 spiro atoms. The van der Waals surface area contributed by atoms with Crippen molar-refractivity contribution >= 4 is 17.2 Å². The number of benzene rings is 1. The van der Waals surface area contributed by atoms with E-state index in [1.165, 1.54) is 12.1 Å². The Labute approximate surface area is 120 Å². The fourth-order valence-corrected chi connectivity index (χ4v) is 2.23. The maximum Gasteiger partial charge on any atom is 0.251 e. The smallest absolute Gasteiger partial charge is 0.251 e. The molecule has 0 fully saturated rings. The summed E-state index contributed by atoms with van der Waals surface area (Å²) in [4.78, 5) is 12.9. The molecule has 0 aliphatic heterocycles. The lowest BCUT2D eigenvalue weighted by molar-refractivity contribution is 0.0951. The van der Waals surface area contributed by atoms with Crippen molar-refractivity contribution < 1.29 is 9.18 Å². The SMILES string of the molecule is NCC#Cc1ccc(C(=O)NCc2cccs2)cc1F. The van der Waals surface area contributed by atoms with Crippen molar-refractivity contribution in [1.82, 2.24) is 5.32 Å². The van der Waals surface area contributed by atoms with Crippen LogP contribution in [0.15, 0.2) is 35.7 Å². The van der Waals surface area contributed by atoms with Crippen LogP contribution in [-0.2, 0) is 6.54 Å². The van der Waals surface area contributed by atoms with E-state index in [2.05, 4.69) is 17.2 Å². The summed E-state index contributed by atoms with van der Waals surface area (Å²) in [6, 6.07) is 8.06. The molecule has 20 heavy (non-hydrogen) atoms. The number of thiophene rings is 1. The highest BCUT2D eigenvalue weighted by Gasteiger charge is 2.08. The molecule has 0 aliphatic carbocycles. The molecule has 0 unspecified atom stereocenters. The second-order valence-electron chi connectivity index (χ2n) is 3.96. The second kappa shape index (κ2) is 6.85. The van der Waals surface area contributed by atoms with Gasteiger partial charge in [-0.25, -0.2) is 4.39 Å². The normalized spacial score (nSPS) is 9.70. The molecule has 102 valence electrons. The summed E-state index contributed by atoms with van der Waals surface area (Å²) in [5, 5.41) is 4.68. The molecule has 0 radical (unpaired) electrons. The van der Waals surface area contributed by atoms with Crippen LogP contribution in [0.25, 0.3) is 0 Å².